The SMILES string of the molecule is C=CCC#N.CC.Cc1cc2c(s1)CN(C)CC2.c1ccccc1. The van der Waals surface area contributed by atoms with Gasteiger partial charge in [0, 0.05) is 22.8 Å². The van der Waals surface area contributed by atoms with Crippen LogP contribution in [0.1, 0.15) is 35.6 Å². The molecule has 0 fully saturated rings. The first kappa shape index (κ1) is 22.1. The van der Waals surface area contributed by atoms with Crippen LogP contribution in [0.5, 0.6) is 0 Å². The third kappa shape index (κ3) is 9.99. The van der Waals surface area contributed by atoms with E-state index in [1.54, 1.807) is 16.5 Å². The number of allylic oxidation sites excluding steroid dienone is 1. The number of nitrogens with zero attached hydrogens (tertiary/aromatic N) is 2. The van der Waals surface area contributed by atoms with E-state index in [0.29, 0.717) is 6.42 Å². The van der Waals surface area contributed by atoms with Gasteiger partial charge in [-0.1, -0.05) is 56.3 Å². The number of likely N-dealkylation sites (N-methyl/N-ethyl adjacent to an activating group) is 1. The maximum atomic E-state index is 7.74. The van der Waals surface area contributed by atoms with Crippen molar-refractivity contribution in [2.24, 2.45) is 0 Å². The molecule has 1 aliphatic rings. The molecule has 1 aromatic heterocycles. The zero-order chi connectivity index (χ0) is 18.2. The van der Waals surface area contributed by atoms with Gasteiger partial charge in [0.05, 0.1) is 12.5 Å². The Hall–Kier alpha value is -1.89. The lowest BCUT2D eigenvalue weighted by molar-refractivity contribution is 0.317. The number of fused-ring (bicyclic) bond motifs is 1. The van der Waals surface area contributed by atoms with Crippen molar-refractivity contribution in [1.29, 1.82) is 5.26 Å². The normalized spacial score (nSPS) is 11.8. The average Bonchev–Trinajstić information content (AvgIpc) is 2.99. The first-order valence-corrected chi connectivity index (χ1v) is 9.23. The van der Waals surface area contributed by atoms with Gasteiger partial charge in [0.2, 0.25) is 0 Å². The zero-order valence-corrected chi connectivity index (χ0v) is 16.3. The number of hydrogen-bond donors (Lipinski definition) is 0. The predicted molar refractivity (Wildman–Crippen MR) is 107 cm³/mol. The van der Waals surface area contributed by atoms with Crippen LogP contribution in [0.4, 0.5) is 0 Å². The molecule has 2 nitrogen and oxygen atoms in total. The fraction of sp³-hybridized carbons (Fsp3) is 0.381. The Morgan fingerprint density at radius 1 is 1.21 bits per heavy atom. The van der Waals surface area contributed by atoms with Crippen LogP contribution in [0.3, 0.4) is 0 Å². The molecule has 0 atom stereocenters. The van der Waals surface area contributed by atoms with E-state index in [2.05, 4.69) is 31.5 Å². The predicted octanol–water partition coefficient (Wildman–Crippen LogP) is 5.84. The molecule has 0 aliphatic carbocycles. The molecule has 130 valence electrons. The first-order chi connectivity index (χ1) is 11.7. The molecule has 2 heterocycles. The number of thiophene rings is 1. The van der Waals surface area contributed by atoms with Crippen LogP contribution < -0.4 is 0 Å². The van der Waals surface area contributed by atoms with Gasteiger partial charge in [-0.05, 0) is 32.0 Å². The zero-order valence-electron chi connectivity index (χ0n) is 15.5. The first-order valence-electron chi connectivity index (χ1n) is 8.42. The minimum absolute atomic E-state index is 0.458. The molecule has 1 aliphatic heterocycles. The topological polar surface area (TPSA) is 27.0 Å². The van der Waals surface area contributed by atoms with Crippen LogP contribution >= 0.6 is 11.3 Å². The highest BCUT2D eigenvalue weighted by Gasteiger charge is 2.14. The molecule has 3 heteroatoms. The highest BCUT2D eigenvalue weighted by atomic mass is 32.1. The molecule has 0 spiro atoms. The van der Waals surface area contributed by atoms with E-state index in [9.17, 15) is 0 Å². The van der Waals surface area contributed by atoms with Gasteiger partial charge in [0.15, 0.2) is 0 Å². The Balaban J connectivity index is 0.000000348. The molecule has 0 amide bonds. The third-order valence-corrected chi connectivity index (χ3v) is 4.18. The van der Waals surface area contributed by atoms with Crippen molar-refractivity contribution in [2.45, 2.75) is 40.2 Å². The number of nitriles is 1. The van der Waals surface area contributed by atoms with Crippen molar-refractivity contribution in [3.63, 3.8) is 0 Å². The second-order valence-electron chi connectivity index (χ2n) is 5.10. The van der Waals surface area contributed by atoms with Gasteiger partial charge in [-0.2, -0.15) is 5.26 Å². The molecule has 24 heavy (non-hydrogen) atoms. The van der Waals surface area contributed by atoms with Gasteiger partial charge < -0.3 is 4.90 Å². The second-order valence-corrected chi connectivity index (χ2v) is 6.44. The van der Waals surface area contributed by atoms with E-state index in [-0.39, 0.29) is 0 Å². The molecule has 2 aromatic rings. The minimum atomic E-state index is 0.458. The van der Waals surface area contributed by atoms with E-state index >= 15 is 0 Å². The maximum absolute atomic E-state index is 7.74. The van der Waals surface area contributed by atoms with Gasteiger partial charge in [-0.25, -0.2) is 0 Å². The van der Waals surface area contributed by atoms with E-state index in [1.807, 2.05) is 67.7 Å². The van der Waals surface area contributed by atoms with Crippen molar-refractivity contribution in [1.82, 2.24) is 4.90 Å². The quantitative estimate of drug-likeness (QED) is 0.608. The van der Waals surface area contributed by atoms with Crippen molar-refractivity contribution < 1.29 is 0 Å². The molecule has 0 radical (unpaired) electrons. The molecular weight excluding hydrogens is 312 g/mol. The van der Waals surface area contributed by atoms with E-state index < -0.39 is 0 Å². The minimum Gasteiger partial charge on any atom is -0.301 e. The number of benzene rings is 1. The maximum Gasteiger partial charge on any atom is 0.0663 e. The Bertz CT molecular complexity index is 555. The van der Waals surface area contributed by atoms with Crippen molar-refractivity contribution in [3.8, 4) is 6.07 Å². The van der Waals surface area contributed by atoms with Crippen LogP contribution in [0.25, 0.3) is 0 Å². The lowest BCUT2D eigenvalue weighted by Crippen LogP contribution is -2.24. The summed E-state index contributed by atoms with van der Waals surface area (Å²) in [7, 11) is 2.19. The Labute approximate surface area is 152 Å². The summed E-state index contributed by atoms with van der Waals surface area (Å²) in [6.07, 6.45) is 3.27. The van der Waals surface area contributed by atoms with Crippen LogP contribution in [0.2, 0.25) is 0 Å². The van der Waals surface area contributed by atoms with Crippen LogP contribution in [0.15, 0.2) is 55.1 Å². The van der Waals surface area contributed by atoms with E-state index in [0.717, 1.165) is 6.54 Å². The van der Waals surface area contributed by atoms with Gasteiger partial charge >= 0.3 is 0 Å². The van der Waals surface area contributed by atoms with E-state index in [4.69, 9.17) is 5.26 Å². The summed E-state index contributed by atoms with van der Waals surface area (Å²) in [6.45, 7) is 11.9. The van der Waals surface area contributed by atoms with Crippen LogP contribution in [-0.4, -0.2) is 18.5 Å². The average molecular weight is 343 g/mol. The Morgan fingerprint density at radius 2 is 1.75 bits per heavy atom. The highest BCUT2D eigenvalue weighted by Crippen LogP contribution is 2.26. The van der Waals surface area contributed by atoms with Crippen molar-refractivity contribution >= 4 is 11.3 Å². The number of rotatable bonds is 1. The molecule has 0 N–H and O–H groups in total. The van der Waals surface area contributed by atoms with Gasteiger partial charge in [0.1, 0.15) is 0 Å². The monoisotopic (exact) mass is 342 g/mol. The summed E-state index contributed by atoms with van der Waals surface area (Å²) >= 11 is 1.95. The van der Waals surface area contributed by atoms with Crippen LogP contribution in [0, 0.1) is 18.3 Å². The lowest BCUT2D eigenvalue weighted by atomic mass is 10.1. The lowest BCUT2D eigenvalue weighted by Gasteiger charge is -2.21. The summed E-state index contributed by atoms with van der Waals surface area (Å²) < 4.78 is 0. The molecule has 0 saturated carbocycles. The Kier molecular flexibility index (Phi) is 13.5. The molecule has 0 bridgehead atoms. The fourth-order valence-electron chi connectivity index (χ4n) is 2.05. The highest BCUT2D eigenvalue weighted by molar-refractivity contribution is 7.12. The van der Waals surface area contributed by atoms with Crippen LogP contribution in [-0.2, 0) is 13.0 Å². The molecule has 3 rings (SSSR count). The fourth-order valence-corrected chi connectivity index (χ4v) is 3.21. The summed E-state index contributed by atoms with van der Waals surface area (Å²) in [6, 6.07) is 16.2. The number of hydrogen-bond acceptors (Lipinski definition) is 3. The van der Waals surface area contributed by atoms with Crippen molar-refractivity contribution in [3.05, 3.63) is 70.4 Å². The van der Waals surface area contributed by atoms with Gasteiger partial charge in [-0.3, -0.25) is 0 Å². The summed E-state index contributed by atoms with van der Waals surface area (Å²) in [5.74, 6) is 0. The summed E-state index contributed by atoms with van der Waals surface area (Å²) in [4.78, 5) is 5.43. The largest absolute Gasteiger partial charge is 0.301 e. The molecule has 0 unspecified atom stereocenters. The molecule has 1 aromatic carbocycles. The molecule has 0 saturated heterocycles. The smallest absolute Gasteiger partial charge is 0.0663 e. The van der Waals surface area contributed by atoms with Gasteiger partial charge in [0.25, 0.3) is 0 Å². The summed E-state index contributed by atoms with van der Waals surface area (Å²) in [5.41, 5.74) is 1.59. The summed E-state index contributed by atoms with van der Waals surface area (Å²) in [5, 5.41) is 7.74. The van der Waals surface area contributed by atoms with E-state index in [1.165, 1.54) is 17.8 Å². The van der Waals surface area contributed by atoms with Crippen molar-refractivity contribution in [2.75, 3.05) is 13.6 Å². The molecular formula is C21H30N2S. The standard InChI is InChI=1S/C9H13NS.C6H6.C4H5N.C2H6/c1-7-5-8-3-4-10(2)6-9(8)11-7;1-2-4-6-5-3-1;1-2-3-4-5;1-2/h5H,3-4,6H2,1-2H3;1-6H;2H,1,3H2;1-2H3. The van der Waals surface area contributed by atoms with Gasteiger partial charge in [-0.15, -0.1) is 17.9 Å². The third-order valence-electron chi connectivity index (χ3n) is 3.10. The second kappa shape index (κ2) is 14.7. The number of aryl methyl sites for hydroxylation is 1. The Morgan fingerprint density at radius 3 is 2.17 bits per heavy atom.